The Bertz CT molecular complexity index is 1440. The first-order valence-corrected chi connectivity index (χ1v) is 12.6. The highest BCUT2D eigenvalue weighted by Crippen LogP contribution is 2.21. The average molecular weight is 498 g/mol. The van der Waals surface area contributed by atoms with Crippen molar-refractivity contribution >= 4 is 28.5 Å². The van der Waals surface area contributed by atoms with Crippen molar-refractivity contribution in [3.8, 4) is 11.1 Å². The van der Waals surface area contributed by atoms with Gasteiger partial charge in [-0.2, -0.15) is 0 Å². The van der Waals surface area contributed by atoms with Crippen LogP contribution in [0.25, 0.3) is 22.0 Å². The third-order valence-corrected chi connectivity index (χ3v) is 6.05. The fourth-order valence-corrected chi connectivity index (χ4v) is 4.21. The number of anilines is 1. The molecule has 0 spiro atoms. The van der Waals surface area contributed by atoms with Crippen molar-refractivity contribution in [1.29, 1.82) is 0 Å². The van der Waals surface area contributed by atoms with Crippen molar-refractivity contribution in [2.24, 2.45) is 0 Å². The number of aryl methyl sites for hydroxylation is 1. The molecule has 3 aromatic carbocycles. The maximum atomic E-state index is 13.6. The van der Waals surface area contributed by atoms with Gasteiger partial charge in [0.15, 0.2) is 0 Å². The summed E-state index contributed by atoms with van der Waals surface area (Å²) in [5, 5.41) is 3.20. The quantitative estimate of drug-likeness (QED) is 0.299. The minimum absolute atomic E-state index is 0.00502. The lowest BCUT2D eigenvalue weighted by Crippen LogP contribution is -2.26. The van der Waals surface area contributed by atoms with E-state index < -0.39 is 5.97 Å². The van der Waals surface area contributed by atoms with E-state index in [1.165, 1.54) is 0 Å². The Morgan fingerprint density at radius 1 is 0.919 bits per heavy atom. The number of benzene rings is 3. The van der Waals surface area contributed by atoms with Gasteiger partial charge < -0.3 is 10.1 Å². The van der Waals surface area contributed by atoms with Gasteiger partial charge in [-0.15, -0.1) is 0 Å². The molecule has 1 amide bonds. The molecule has 4 aromatic rings. The smallest absolute Gasteiger partial charge is 0.306 e. The molecule has 1 heterocycles. The Morgan fingerprint density at radius 3 is 2.35 bits per heavy atom. The number of carbonyl (C=O) groups excluding carboxylic acids is 2. The summed E-state index contributed by atoms with van der Waals surface area (Å²) in [5.41, 5.74) is 4.19. The van der Waals surface area contributed by atoms with Crippen LogP contribution in [-0.2, 0) is 27.3 Å². The van der Waals surface area contributed by atoms with E-state index >= 15 is 0 Å². The molecule has 0 bridgehead atoms. The van der Waals surface area contributed by atoms with Crippen molar-refractivity contribution in [1.82, 2.24) is 9.55 Å². The number of esters is 1. The summed E-state index contributed by atoms with van der Waals surface area (Å²) in [7, 11) is 0. The highest BCUT2D eigenvalue weighted by Gasteiger charge is 2.14. The van der Waals surface area contributed by atoms with Crippen molar-refractivity contribution in [2.45, 2.75) is 46.1 Å². The third kappa shape index (κ3) is 6.50. The molecule has 7 nitrogen and oxygen atoms in total. The molecule has 0 fully saturated rings. The number of nitrogens with zero attached hydrogens (tertiary/aromatic N) is 2. The molecular formula is C30H31N3O4. The second kappa shape index (κ2) is 12.1. The first-order valence-electron chi connectivity index (χ1n) is 12.6. The van der Waals surface area contributed by atoms with E-state index in [1.54, 1.807) is 29.7 Å². The predicted octanol–water partition coefficient (Wildman–Crippen LogP) is 5.35. The second-order valence-electron chi connectivity index (χ2n) is 8.82. The largest absolute Gasteiger partial charge is 0.466 e. The lowest BCUT2D eigenvalue weighted by molar-refractivity contribution is -0.144. The van der Waals surface area contributed by atoms with Crippen LogP contribution in [-0.4, -0.2) is 28.0 Å². The standard InChI is InChI=1S/C30H31N3O4/c1-3-8-27-32-26-16-15-24(31-28(34)17-18-29(35)37-4-2)19-25(26)30(36)33(27)20-21-11-13-23(14-12-21)22-9-6-5-7-10-22/h5-7,9-16,19H,3-4,8,17-18,20H2,1-2H3,(H,31,34). The summed E-state index contributed by atoms with van der Waals surface area (Å²) in [4.78, 5) is 42.2. The van der Waals surface area contributed by atoms with Crippen LogP contribution in [0, 0.1) is 0 Å². The molecule has 4 rings (SSSR count). The zero-order valence-corrected chi connectivity index (χ0v) is 21.2. The molecule has 0 saturated heterocycles. The maximum absolute atomic E-state index is 13.6. The molecule has 7 heteroatoms. The Hall–Kier alpha value is -4.26. The predicted molar refractivity (Wildman–Crippen MR) is 145 cm³/mol. The highest BCUT2D eigenvalue weighted by atomic mass is 16.5. The summed E-state index contributed by atoms with van der Waals surface area (Å²) in [6.45, 7) is 4.47. The minimum atomic E-state index is -0.413. The van der Waals surface area contributed by atoms with Gasteiger partial charge in [0, 0.05) is 18.5 Å². The van der Waals surface area contributed by atoms with Gasteiger partial charge >= 0.3 is 5.97 Å². The van der Waals surface area contributed by atoms with Crippen LogP contribution < -0.4 is 10.9 Å². The number of fused-ring (bicyclic) bond motifs is 1. The number of hydrogen-bond donors (Lipinski definition) is 1. The summed E-state index contributed by atoms with van der Waals surface area (Å²) in [5.74, 6) is 0.00339. The molecule has 1 N–H and O–H groups in total. The maximum Gasteiger partial charge on any atom is 0.306 e. The Kier molecular flexibility index (Phi) is 8.46. The third-order valence-electron chi connectivity index (χ3n) is 6.05. The van der Waals surface area contributed by atoms with Crippen molar-refractivity contribution < 1.29 is 14.3 Å². The lowest BCUT2D eigenvalue weighted by Gasteiger charge is -2.14. The fraction of sp³-hybridized carbons (Fsp3) is 0.267. The van der Waals surface area contributed by atoms with Gasteiger partial charge in [0.2, 0.25) is 5.91 Å². The van der Waals surface area contributed by atoms with E-state index in [0.717, 1.165) is 28.9 Å². The van der Waals surface area contributed by atoms with Gasteiger partial charge in [0.25, 0.3) is 5.56 Å². The summed E-state index contributed by atoms with van der Waals surface area (Å²) in [6.07, 6.45) is 1.55. The molecule has 0 aliphatic carbocycles. The van der Waals surface area contributed by atoms with Crippen molar-refractivity contribution in [3.63, 3.8) is 0 Å². The number of nitrogens with one attached hydrogen (secondary N) is 1. The Balaban J connectivity index is 1.59. The molecule has 0 aliphatic rings. The Morgan fingerprint density at radius 2 is 1.65 bits per heavy atom. The van der Waals surface area contributed by atoms with Gasteiger partial charge in [-0.05, 0) is 48.2 Å². The number of aromatic nitrogens is 2. The topological polar surface area (TPSA) is 90.3 Å². The number of carbonyl (C=O) groups is 2. The number of rotatable bonds is 10. The van der Waals surface area contributed by atoms with Crippen LogP contribution in [0.4, 0.5) is 5.69 Å². The van der Waals surface area contributed by atoms with E-state index in [-0.39, 0.29) is 30.9 Å². The molecule has 0 atom stereocenters. The van der Waals surface area contributed by atoms with E-state index in [0.29, 0.717) is 29.6 Å². The van der Waals surface area contributed by atoms with Crippen LogP contribution in [0.1, 0.15) is 44.5 Å². The van der Waals surface area contributed by atoms with E-state index in [1.807, 2.05) is 30.3 Å². The zero-order chi connectivity index (χ0) is 26.2. The average Bonchev–Trinajstić information content (AvgIpc) is 2.91. The number of ether oxygens (including phenoxy) is 1. The zero-order valence-electron chi connectivity index (χ0n) is 21.2. The molecule has 0 radical (unpaired) electrons. The molecule has 1 aromatic heterocycles. The minimum Gasteiger partial charge on any atom is -0.466 e. The molecule has 37 heavy (non-hydrogen) atoms. The van der Waals surface area contributed by atoms with Crippen LogP contribution in [0.2, 0.25) is 0 Å². The van der Waals surface area contributed by atoms with Gasteiger partial charge in [0.1, 0.15) is 5.82 Å². The number of hydrogen-bond acceptors (Lipinski definition) is 5. The number of amides is 1. The monoisotopic (exact) mass is 497 g/mol. The lowest BCUT2D eigenvalue weighted by atomic mass is 10.0. The molecular weight excluding hydrogens is 466 g/mol. The van der Waals surface area contributed by atoms with Crippen LogP contribution in [0.5, 0.6) is 0 Å². The van der Waals surface area contributed by atoms with E-state index in [9.17, 15) is 14.4 Å². The first kappa shape index (κ1) is 25.8. The van der Waals surface area contributed by atoms with E-state index in [4.69, 9.17) is 9.72 Å². The normalized spacial score (nSPS) is 10.9. The van der Waals surface area contributed by atoms with Crippen molar-refractivity contribution in [3.05, 3.63) is 94.5 Å². The van der Waals surface area contributed by atoms with Gasteiger partial charge in [-0.1, -0.05) is 61.5 Å². The van der Waals surface area contributed by atoms with Crippen LogP contribution in [0.3, 0.4) is 0 Å². The van der Waals surface area contributed by atoms with Crippen LogP contribution >= 0.6 is 0 Å². The van der Waals surface area contributed by atoms with Gasteiger partial charge in [-0.25, -0.2) is 4.98 Å². The van der Waals surface area contributed by atoms with Crippen LogP contribution in [0.15, 0.2) is 77.6 Å². The van der Waals surface area contributed by atoms with Crippen molar-refractivity contribution in [2.75, 3.05) is 11.9 Å². The highest BCUT2D eigenvalue weighted by molar-refractivity contribution is 5.94. The summed E-state index contributed by atoms with van der Waals surface area (Å²) < 4.78 is 6.58. The first-order chi connectivity index (χ1) is 18.0. The summed E-state index contributed by atoms with van der Waals surface area (Å²) in [6, 6.07) is 23.5. The molecule has 0 unspecified atom stereocenters. The molecule has 190 valence electrons. The van der Waals surface area contributed by atoms with Gasteiger partial charge in [-0.3, -0.25) is 19.0 Å². The SMILES string of the molecule is CCCc1nc2ccc(NC(=O)CCC(=O)OCC)cc2c(=O)n1Cc1ccc(-c2ccccc2)cc1. The van der Waals surface area contributed by atoms with E-state index in [2.05, 4.69) is 36.5 Å². The fourth-order valence-electron chi connectivity index (χ4n) is 4.21. The second-order valence-corrected chi connectivity index (χ2v) is 8.82. The van der Waals surface area contributed by atoms with Gasteiger partial charge in [0.05, 0.1) is 30.5 Å². The Labute approximate surface area is 216 Å². The molecule has 0 saturated carbocycles. The summed E-state index contributed by atoms with van der Waals surface area (Å²) >= 11 is 0. The molecule has 0 aliphatic heterocycles.